The number of nitrogens with one attached hydrogen (secondary N) is 2. The summed E-state index contributed by atoms with van der Waals surface area (Å²) >= 11 is 0. The topological polar surface area (TPSA) is 76.7 Å². The number of hydrogen-bond acceptors (Lipinski definition) is 4. The predicted octanol–water partition coefficient (Wildman–Crippen LogP) is 4.53. The minimum absolute atomic E-state index is 0.0417. The molecule has 0 spiro atoms. The van der Waals surface area contributed by atoms with E-state index < -0.39 is 6.09 Å². The fourth-order valence-corrected chi connectivity index (χ4v) is 1.13. The van der Waals surface area contributed by atoms with Gasteiger partial charge in [0, 0.05) is 20.7 Å². The van der Waals surface area contributed by atoms with Gasteiger partial charge in [0.05, 0.1) is 5.60 Å². The summed E-state index contributed by atoms with van der Waals surface area (Å²) in [4.78, 5) is 20.2. The van der Waals surface area contributed by atoms with Crippen molar-refractivity contribution in [2.75, 3.05) is 20.7 Å². The lowest BCUT2D eigenvalue weighted by Gasteiger charge is -2.14. The quantitative estimate of drug-likeness (QED) is 0.558. The number of amides is 2. The van der Waals surface area contributed by atoms with Crippen molar-refractivity contribution in [3.63, 3.8) is 0 Å². The van der Waals surface area contributed by atoms with E-state index in [1.165, 1.54) is 7.05 Å². The summed E-state index contributed by atoms with van der Waals surface area (Å²) in [7, 11) is 3.24. The Labute approximate surface area is 166 Å². The Hall–Kier alpha value is -2.08. The van der Waals surface area contributed by atoms with Crippen molar-refractivity contribution in [1.82, 2.24) is 10.6 Å². The molecule has 2 N–H and O–H groups in total. The first-order valence-electron chi connectivity index (χ1n) is 9.41. The van der Waals surface area contributed by atoms with Crippen LogP contribution in [0.4, 0.5) is 4.79 Å². The summed E-state index contributed by atoms with van der Waals surface area (Å²) in [6, 6.07) is 9.54. The third-order valence-electron chi connectivity index (χ3n) is 2.79. The standard InChI is InChI=1S/C9H11NO2.C5H11NO.C5H12O.C2H6/c1-10-9(11)12-7-8-5-3-2-4-6-8;1-2-3-4-6-5-7;1-5(2,3)6-4;1-2/h2-6H,7H2,1H3,(H,10,11);5H,2-4H2,1H3,(H,6,7);1-4H3;1-2H3. The van der Waals surface area contributed by atoms with Gasteiger partial charge in [0.15, 0.2) is 0 Å². The van der Waals surface area contributed by atoms with Crippen molar-refractivity contribution >= 4 is 12.5 Å². The Morgan fingerprint density at radius 1 is 1.15 bits per heavy atom. The van der Waals surface area contributed by atoms with Crippen molar-refractivity contribution in [2.24, 2.45) is 0 Å². The number of unbranched alkanes of at least 4 members (excludes halogenated alkanes) is 1. The molecule has 158 valence electrons. The van der Waals surface area contributed by atoms with Crippen molar-refractivity contribution in [2.45, 2.75) is 66.6 Å². The Balaban J connectivity index is -0.000000331. The molecule has 0 radical (unpaired) electrons. The Morgan fingerprint density at radius 3 is 2.04 bits per heavy atom. The summed E-state index contributed by atoms with van der Waals surface area (Å²) in [6.07, 6.45) is 2.55. The lowest BCUT2D eigenvalue weighted by atomic mass is 10.2. The van der Waals surface area contributed by atoms with Gasteiger partial charge in [-0.3, -0.25) is 4.79 Å². The second-order valence-electron chi connectivity index (χ2n) is 6.05. The molecule has 1 rings (SSSR count). The molecule has 1 aromatic carbocycles. The van der Waals surface area contributed by atoms with Gasteiger partial charge >= 0.3 is 6.09 Å². The maximum Gasteiger partial charge on any atom is 0.407 e. The van der Waals surface area contributed by atoms with Crippen LogP contribution in [0.1, 0.15) is 59.9 Å². The van der Waals surface area contributed by atoms with Gasteiger partial charge in [-0.2, -0.15) is 0 Å². The second-order valence-corrected chi connectivity index (χ2v) is 6.05. The highest BCUT2D eigenvalue weighted by atomic mass is 16.5. The Kier molecular flexibility index (Phi) is 24.1. The smallest absolute Gasteiger partial charge is 0.407 e. The zero-order valence-corrected chi connectivity index (χ0v) is 18.4. The van der Waals surface area contributed by atoms with E-state index >= 15 is 0 Å². The molecule has 2 amide bonds. The highest BCUT2D eigenvalue weighted by molar-refractivity contribution is 5.66. The van der Waals surface area contributed by atoms with Gasteiger partial charge in [-0.15, -0.1) is 0 Å². The molecule has 0 saturated heterocycles. The summed E-state index contributed by atoms with van der Waals surface area (Å²) in [5, 5.41) is 4.94. The van der Waals surface area contributed by atoms with Crippen LogP contribution in [0.5, 0.6) is 0 Å². The molecule has 0 aliphatic carbocycles. The van der Waals surface area contributed by atoms with Crippen LogP contribution in [0.2, 0.25) is 0 Å². The molecule has 0 heterocycles. The highest BCUT2D eigenvalue weighted by Crippen LogP contribution is 2.02. The van der Waals surface area contributed by atoms with Gasteiger partial charge in [0.2, 0.25) is 6.41 Å². The van der Waals surface area contributed by atoms with E-state index in [-0.39, 0.29) is 5.60 Å². The molecule has 6 heteroatoms. The Bertz CT molecular complexity index is 432. The maximum atomic E-state index is 10.7. The van der Waals surface area contributed by atoms with E-state index in [4.69, 9.17) is 9.47 Å². The summed E-state index contributed by atoms with van der Waals surface area (Å²) < 4.78 is 9.76. The SMILES string of the molecule is CC.CCCCNC=O.CNC(=O)OCc1ccccc1.COC(C)(C)C. The van der Waals surface area contributed by atoms with Gasteiger partial charge < -0.3 is 20.1 Å². The van der Waals surface area contributed by atoms with Crippen LogP contribution >= 0.6 is 0 Å². The molecule has 0 atom stereocenters. The highest BCUT2D eigenvalue weighted by Gasteiger charge is 2.04. The van der Waals surface area contributed by atoms with Gasteiger partial charge in [0.1, 0.15) is 6.61 Å². The monoisotopic (exact) mass is 384 g/mol. The fraction of sp³-hybridized carbons (Fsp3) is 0.619. The van der Waals surface area contributed by atoms with Crippen LogP contribution in [0.25, 0.3) is 0 Å². The molecular formula is C21H40N2O4. The first-order valence-corrected chi connectivity index (χ1v) is 9.41. The summed E-state index contributed by atoms with van der Waals surface area (Å²) in [5.74, 6) is 0. The molecule has 1 aromatic rings. The molecule has 0 fully saturated rings. The third kappa shape index (κ3) is 29.0. The van der Waals surface area contributed by atoms with Gasteiger partial charge in [-0.25, -0.2) is 4.79 Å². The van der Waals surface area contributed by atoms with E-state index in [0.717, 1.165) is 31.4 Å². The number of ether oxygens (including phenoxy) is 2. The van der Waals surface area contributed by atoms with Crippen LogP contribution in [-0.4, -0.2) is 38.8 Å². The summed E-state index contributed by atoms with van der Waals surface area (Å²) in [5.41, 5.74) is 1.03. The molecule has 0 bridgehead atoms. The molecule has 0 aliphatic rings. The van der Waals surface area contributed by atoms with Crippen LogP contribution in [0.15, 0.2) is 30.3 Å². The van der Waals surface area contributed by atoms with Crippen molar-refractivity contribution in [3.8, 4) is 0 Å². The van der Waals surface area contributed by atoms with E-state index in [2.05, 4.69) is 17.6 Å². The predicted molar refractivity (Wildman–Crippen MR) is 113 cm³/mol. The van der Waals surface area contributed by atoms with Crippen LogP contribution < -0.4 is 10.6 Å². The van der Waals surface area contributed by atoms with Gasteiger partial charge in [-0.05, 0) is 32.8 Å². The zero-order valence-electron chi connectivity index (χ0n) is 18.4. The molecular weight excluding hydrogens is 344 g/mol. The van der Waals surface area contributed by atoms with E-state index in [0.29, 0.717) is 6.61 Å². The molecule has 6 nitrogen and oxygen atoms in total. The second kappa shape index (κ2) is 22.0. The van der Waals surface area contributed by atoms with Gasteiger partial charge in [0.25, 0.3) is 0 Å². The molecule has 27 heavy (non-hydrogen) atoms. The van der Waals surface area contributed by atoms with Crippen molar-refractivity contribution in [1.29, 1.82) is 0 Å². The molecule has 0 aromatic heterocycles. The minimum atomic E-state index is -0.404. The lowest BCUT2D eigenvalue weighted by Crippen LogP contribution is -2.18. The van der Waals surface area contributed by atoms with Crippen LogP contribution in [0, 0.1) is 0 Å². The maximum absolute atomic E-state index is 10.7. The zero-order chi connectivity index (χ0) is 21.6. The number of benzene rings is 1. The number of rotatable bonds is 6. The van der Waals surface area contributed by atoms with Crippen LogP contribution in [0.3, 0.4) is 0 Å². The van der Waals surface area contributed by atoms with Crippen molar-refractivity contribution < 1.29 is 19.1 Å². The Morgan fingerprint density at radius 2 is 1.67 bits per heavy atom. The van der Waals surface area contributed by atoms with E-state index in [1.807, 2.05) is 65.0 Å². The molecule has 0 unspecified atom stereocenters. The van der Waals surface area contributed by atoms with E-state index in [9.17, 15) is 9.59 Å². The summed E-state index contributed by atoms with van der Waals surface area (Å²) in [6.45, 7) is 13.3. The number of hydrogen-bond donors (Lipinski definition) is 2. The van der Waals surface area contributed by atoms with E-state index in [1.54, 1.807) is 7.11 Å². The lowest BCUT2D eigenvalue weighted by molar-refractivity contribution is -0.109. The largest absolute Gasteiger partial charge is 0.445 e. The van der Waals surface area contributed by atoms with Crippen LogP contribution in [-0.2, 0) is 20.9 Å². The van der Waals surface area contributed by atoms with Gasteiger partial charge in [-0.1, -0.05) is 57.5 Å². The minimum Gasteiger partial charge on any atom is -0.445 e. The number of alkyl carbamates (subject to hydrolysis) is 1. The fourth-order valence-electron chi connectivity index (χ4n) is 1.13. The van der Waals surface area contributed by atoms with Crippen molar-refractivity contribution in [3.05, 3.63) is 35.9 Å². The number of carbonyl (C=O) groups is 2. The number of carbonyl (C=O) groups excluding carboxylic acids is 2. The first kappa shape index (κ1) is 29.7. The molecule has 0 aliphatic heterocycles. The first-order chi connectivity index (χ1) is 12.8. The average molecular weight is 385 g/mol. The number of methoxy groups -OCH3 is 1. The average Bonchev–Trinajstić information content (AvgIpc) is 2.69. The molecule has 0 saturated carbocycles. The third-order valence-corrected chi connectivity index (χ3v) is 2.79. The normalized spacial score (nSPS) is 9.04.